The zero-order valence-electron chi connectivity index (χ0n) is 12.2. The molecule has 0 aromatic carbocycles. The van der Waals surface area contributed by atoms with Crippen LogP contribution in [0.2, 0.25) is 0 Å². The zero-order valence-corrected chi connectivity index (χ0v) is 12.2. The van der Waals surface area contributed by atoms with Crippen molar-refractivity contribution in [2.75, 3.05) is 6.61 Å². The fourth-order valence-electron chi connectivity index (χ4n) is 2.66. The van der Waals surface area contributed by atoms with Gasteiger partial charge in [-0.1, -0.05) is 64.7 Å². The quantitative estimate of drug-likeness (QED) is 0.369. The number of ether oxygens (including phenoxy) is 1. The first-order chi connectivity index (χ1) is 8.93. The summed E-state index contributed by atoms with van der Waals surface area (Å²) in [6, 6.07) is 0. The molecule has 2 radical (unpaired) electrons. The Morgan fingerprint density at radius 1 is 0.889 bits per heavy atom. The van der Waals surface area contributed by atoms with Crippen LogP contribution in [0, 0.1) is 13.3 Å². The molecule has 0 bridgehead atoms. The third kappa shape index (κ3) is 8.97. The van der Waals surface area contributed by atoms with Crippen molar-refractivity contribution in [3.8, 4) is 0 Å². The second kappa shape index (κ2) is 12.0. The average Bonchev–Trinajstić information content (AvgIpc) is 2.65. The standard InChI is InChI=1S/C17H32O/c1-2-3-4-5-6-7-10-13-16-18-17-14-11-8-9-12-15-17/h8,17H,1-7,9-16H2. The minimum Gasteiger partial charge on any atom is -0.378 e. The van der Waals surface area contributed by atoms with Gasteiger partial charge in [0, 0.05) is 6.61 Å². The van der Waals surface area contributed by atoms with Crippen LogP contribution in [-0.4, -0.2) is 12.7 Å². The minimum absolute atomic E-state index is 0.556. The van der Waals surface area contributed by atoms with Gasteiger partial charge >= 0.3 is 0 Å². The number of hydrogen-bond donors (Lipinski definition) is 0. The topological polar surface area (TPSA) is 9.23 Å². The van der Waals surface area contributed by atoms with Gasteiger partial charge in [-0.25, -0.2) is 0 Å². The molecule has 1 rings (SSSR count). The monoisotopic (exact) mass is 252 g/mol. The van der Waals surface area contributed by atoms with Crippen molar-refractivity contribution >= 4 is 0 Å². The smallest absolute Gasteiger partial charge is 0.0575 e. The average molecular weight is 252 g/mol. The van der Waals surface area contributed by atoms with E-state index in [1.807, 2.05) is 0 Å². The van der Waals surface area contributed by atoms with Crippen molar-refractivity contribution in [2.45, 2.75) is 89.6 Å². The van der Waals surface area contributed by atoms with Gasteiger partial charge in [-0.3, -0.25) is 0 Å². The summed E-state index contributed by atoms with van der Waals surface area (Å²) >= 11 is 0. The van der Waals surface area contributed by atoms with Gasteiger partial charge in [-0.05, 0) is 32.1 Å². The summed E-state index contributed by atoms with van der Waals surface area (Å²) in [7, 11) is 0. The van der Waals surface area contributed by atoms with Gasteiger partial charge in [0.25, 0.3) is 0 Å². The molecule has 1 nitrogen and oxygen atoms in total. The molecule has 1 saturated carbocycles. The summed E-state index contributed by atoms with van der Waals surface area (Å²) < 4.78 is 5.98. The minimum atomic E-state index is 0.556. The van der Waals surface area contributed by atoms with Crippen LogP contribution in [0.3, 0.4) is 0 Å². The van der Waals surface area contributed by atoms with E-state index in [-0.39, 0.29) is 0 Å². The predicted octanol–water partition coefficient (Wildman–Crippen LogP) is 5.49. The van der Waals surface area contributed by atoms with E-state index < -0.39 is 0 Å². The van der Waals surface area contributed by atoms with Gasteiger partial charge in [0.15, 0.2) is 0 Å². The highest BCUT2D eigenvalue weighted by atomic mass is 16.5. The fourth-order valence-corrected chi connectivity index (χ4v) is 2.66. The Hall–Kier alpha value is -0.0400. The summed E-state index contributed by atoms with van der Waals surface area (Å²) in [6.07, 6.45) is 20.0. The summed E-state index contributed by atoms with van der Waals surface area (Å²) in [5.41, 5.74) is 0. The molecule has 0 aromatic heterocycles. The van der Waals surface area contributed by atoms with Crippen molar-refractivity contribution in [3.63, 3.8) is 0 Å². The van der Waals surface area contributed by atoms with Crippen molar-refractivity contribution in [3.05, 3.63) is 13.3 Å². The van der Waals surface area contributed by atoms with E-state index in [0.717, 1.165) is 13.0 Å². The van der Waals surface area contributed by atoms with Crippen LogP contribution in [-0.2, 0) is 4.74 Å². The van der Waals surface area contributed by atoms with Crippen molar-refractivity contribution < 1.29 is 4.74 Å². The van der Waals surface area contributed by atoms with Crippen LogP contribution >= 0.6 is 0 Å². The Labute approximate surface area is 115 Å². The third-order valence-electron chi connectivity index (χ3n) is 3.88. The normalized spacial score (nSPS) is 17.8. The number of unbranched alkanes of at least 4 members (excludes halogenated alkanes) is 7. The van der Waals surface area contributed by atoms with Gasteiger partial charge in [-0.2, -0.15) is 0 Å². The molecule has 1 unspecified atom stereocenters. The van der Waals surface area contributed by atoms with Gasteiger partial charge in [0.05, 0.1) is 6.10 Å². The van der Waals surface area contributed by atoms with E-state index in [1.54, 1.807) is 0 Å². The maximum Gasteiger partial charge on any atom is 0.0575 e. The lowest BCUT2D eigenvalue weighted by molar-refractivity contribution is 0.0411. The molecule has 106 valence electrons. The molecule has 0 aliphatic heterocycles. The van der Waals surface area contributed by atoms with Crippen LogP contribution < -0.4 is 0 Å². The Kier molecular flexibility index (Phi) is 10.7. The van der Waals surface area contributed by atoms with E-state index >= 15 is 0 Å². The Morgan fingerprint density at radius 2 is 1.61 bits per heavy atom. The Bertz CT molecular complexity index is 159. The molecular weight excluding hydrogens is 220 g/mol. The highest BCUT2D eigenvalue weighted by molar-refractivity contribution is 4.74. The molecule has 0 heterocycles. The lowest BCUT2D eigenvalue weighted by Gasteiger charge is -2.15. The first-order valence-corrected chi connectivity index (χ1v) is 8.16. The maximum atomic E-state index is 5.98. The number of rotatable bonds is 10. The van der Waals surface area contributed by atoms with Crippen LogP contribution in [0.15, 0.2) is 0 Å². The molecule has 0 aromatic rings. The lowest BCUT2D eigenvalue weighted by Crippen LogP contribution is -2.12. The SMILES string of the molecule is [CH2]CCCCCCCCCOC1CC[CH]CCC1. The van der Waals surface area contributed by atoms with Crippen LogP contribution in [0.1, 0.15) is 83.5 Å². The van der Waals surface area contributed by atoms with Crippen molar-refractivity contribution in [1.29, 1.82) is 0 Å². The van der Waals surface area contributed by atoms with Crippen molar-refractivity contribution in [1.82, 2.24) is 0 Å². The first-order valence-electron chi connectivity index (χ1n) is 8.16. The third-order valence-corrected chi connectivity index (χ3v) is 3.88. The maximum absolute atomic E-state index is 5.98. The molecule has 1 aliphatic carbocycles. The highest BCUT2D eigenvalue weighted by Gasteiger charge is 2.11. The highest BCUT2D eigenvalue weighted by Crippen LogP contribution is 2.19. The van der Waals surface area contributed by atoms with Gasteiger partial charge < -0.3 is 4.74 Å². The molecule has 0 N–H and O–H groups in total. The second-order valence-corrected chi connectivity index (χ2v) is 5.62. The predicted molar refractivity (Wildman–Crippen MR) is 79.4 cm³/mol. The summed E-state index contributed by atoms with van der Waals surface area (Å²) in [5.74, 6) is 0. The Balaban J connectivity index is 1.80. The van der Waals surface area contributed by atoms with E-state index in [1.165, 1.54) is 77.0 Å². The van der Waals surface area contributed by atoms with E-state index in [2.05, 4.69) is 13.3 Å². The van der Waals surface area contributed by atoms with E-state index in [0.29, 0.717) is 6.10 Å². The number of hydrogen-bond acceptors (Lipinski definition) is 1. The van der Waals surface area contributed by atoms with Gasteiger partial charge in [0.2, 0.25) is 0 Å². The first kappa shape index (κ1) is 16.0. The largest absolute Gasteiger partial charge is 0.378 e. The second-order valence-electron chi connectivity index (χ2n) is 5.62. The van der Waals surface area contributed by atoms with Gasteiger partial charge in [0.1, 0.15) is 0 Å². The zero-order chi connectivity index (χ0) is 12.9. The molecule has 1 aliphatic rings. The summed E-state index contributed by atoms with van der Waals surface area (Å²) in [5, 5.41) is 0. The van der Waals surface area contributed by atoms with Crippen LogP contribution in [0.5, 0.6) is 0 Å². The summed E-state index contributed by atoms with van der Waals surface area (Å²) in [4.78, 5) is 0. The molecule has 18 heavy (non-hydrogen) atoms. The molecule has 1 fully saturated rings. The van der Waals surface area contributed by atoms with Crippen LogP contribution in [0.4, 0.5) is 0 Å². The summed E-state index contributed by atoms with van der Waals surface area (Å²) in [6.45, 7) is 4.87. The molecule has 1 heteroatoms. The fraction of sp³-hybridized carbons (Fsp3) is 0.882. The molecule has 0 amide bonds. The van der Waals surface area contributed by atoms with Crippen LogP contribution in [0.25, 0.3) is 0 Å². The molecular formula is C17H32O. The van der Waals surface area contributed by atoms with Gasteiger partial charge in [-0.15, -0.1) is 0 Å². The molecule has 1 atom stereocenters. The van der Waals surface area contributed by atoms with E-state index in [9.17, 15) is 0 Å². The lowest BCUT2D eigenvalue weighted by atomic mass is 10.1. The van der Waals surface area contributed by atoms with E-state index in [4.69, 9.17) is 4.74 Å². The Morgan fingerprint density at radius 3 is 2.39 bits per heavy atom. The molecule has 0 spiro atoms. The van der Waals surface area contributed by atoms with Crippen molar-refractivity contribution in [2.24, 2.45) is 0 Å². The molecule has 0 saturated heterocycles.